The van der Waals surface area contributed by atoms with Gasteiger partial charge in [0.2, 0.25) is 0 Å². The van der Waals surface area contributed by atoms with E-state index in [0.717, 1.165) is 30.8 Å². The molecule has 0 amide bonds. The fourth-order valence-corrected chi connectivity index (χ4v) is 3.49. The highest BCUT2D eigenvalue weighted by Gasteiger charge is 2.36. The first-order chi connectivity index (χ1) is 13.5. The second-order valence-corrected chi connectivity index (χ2v) is 6.68. The van der Waals surface area contributed by atoms with Crippen molar-refractivity contribution in [1.82, 2.24) is 15.0 Å². The summed E-state index contributed by atoms with van der Waals surface area (Å²) in [6.07, 6.45) is -1.48. The molecule has 2 aromatic heterocycles. The standard InChI is InChI=1S/C18H21F3N6O/c19-18(20,21)14-2-1-3-22-17(14)27-6-4-25(5-7-27)15-12-16(24-13-23-15)26-8-10-28-11-9-26/h1-3,12-13H,4-11H2. The number of hydrogen-bond acceptors (Lipinski definition) is 7. The van der Waals surface area contributed by atoms with Gasteiger partial charge >= 0.3 is 6.18 Å². The van der Waals surface area contributed by atoms with Crippen LogP contribution in [-0.4, -0.2) is 67.4 Å². The van der Waals surface area contributed by atoms with E-state index >= 15 is 0 Å². The maximum Gasteiger partial charge on any atom is 0.419 e. The van der Waals surface area contributed by atoms with E-state index in [0.29, 0.717) is 39.4 Å². The van der Waals surface area contributed by atoms with E-state index in [2.05, 4.69) is 24.8 Å². The van der Waals surface area contributed by atoms with Crippen molar-refractivity contribution in [1.29, 1.82) is 0 Å². The summed E-state index contributed by atoms with van der Waals surface area (Å²) in [5.41, 5.74) is -0.694. The summed E-state index contributed by atoms with van der Waals surface area (Å²) in [5.74, 6) is 1.62. The van der Waals surface area contributed by atoms with Gasteiger partial charge in [0.1, 0.15) is 23.8 Å². The number of rotatable bonds is 3. The van der Waals surface area contributed by atoms with Gasteiger partial charge in [-0.1, -0.05) is 0 Å². The van der Waals surface area contributed by atoms with Gasteiger partial charge in [0, 0.05) is 51.5 Å². The Morgan fingerprint density at radius 1 is 0.821 bits per heavy atom. The third kappa shape index (κ3) is 3.96. The Bertz CT molecular complexity index is 804. The molecule has 150 valence electrons. The summed E-state index contributed by atoms with van der Waals surface area (Å²) in [5, 5.41) is 0. The number of piperazine rings is 1. The predicted molar refractivity (Wildman–Crippen MR) is 98.7 cm³/mol. The highest BCUT2D eigenvalue weighted by molar-refractivity contribution is 5.53. The van der Waals surface area contributed by atoms with Gasteiger partial charge in [0.15, 0.2) is 0 Å². The Hall–Kier alpha value is -2.62. The molecule has 4 heterocycles. The number of nitrogens with zero attached hydrogens (tertiary/aromatic N) is 6. The van der Waals surface area contributed by atoms with E-state index < -0.39 is 11.7 Å². The van der Waals surface area contributed by atoms with Crippen LogP contribution in [-0.2, 0) is 10.9 Å². The Morgan fingerprint density at radius 3 is 2.07 bits per heavy atom. The van der Waals surface area contributed by atoms with Crippen LogP contribution in [0.3, 0.4) is 0 Å². The van der Waals surface area contributed by atoms with Crippen LogP contribution in [0.15, 0.2) is 30.7 Å². The SMILES string of the molecule is FC(F)(F)c1cccnc1N1CCN(c2cc(N3CCOCC3)ncn2)CC1. The molecule has 2 aliphatic heterocycles. The molecule has 0 radical (unpaired) electrons. The Balaban J connectivity index is 1.45. The van der Waals surface area contributed by atoms with Crippen molar-refractivity contribution in [2.45, 2.75) is 6.18 Å². The van der Waals surface area contributed by atoms with Gasteiger partial charge in [-0.3, -0.25) is 0 Å². The van der Waals surface area contributed by atoms with E-state index in [1.54, 1.807) is 4.90 Å². The molecule has 0 N–H and O–H groups in total. The number of hydrogen-bond donors (Lipinski definition) is 0. The number of ether oxygens (including phenoxy) is 1. The van der Waals surface area contributed by atoms with Crippen LogP contribution >= 0.6 is 0 Å². The number of alkyl halides is 3. The van der Waals surface area contributed by atoms with Gasteiger partial charge in [0.05, 0.1) is 18.8 Å². The van der Waals surface area contributed by atoms with Crippen molar-refractivity contribution in [2.75, 3.05) is 67.2 Å². The van der Waals surface area contributed by atoms with Gasteiger partial charge in [-0.2, -0.15) is 13.2 Å². The van der Waals surface area contributed by atoms with E-state index in [1.165, 1.54) is 18.6 Å². The zero-order valence-electron chi connectivity index (χ0n) is 15.3. The molecule has 2 aliphatic rings. The summed E-state index contributed by atoms with van der Waals surface area (Å²) >= 11 is 0. The lowest BCUT2D eigenvalue weighted by Gasteiger charge is -2.37. The lowest BCUT2D eigenvalue weighted by Crippen LogP contribution is -2.47. The average molecular weight is 394 g/mol. The average Bonchev–Trinajstić information content (AvgIpc) is 2.74. The molecule has 0 saturated carbocycles. The molecule has 4 rings (SSSR count). The Labute approximate surface area is 160 Å². The number of morpholine rings is 1. The maximum absolute atomic E-state index is 13.3. The van der Waals surface area contributed by atoms with Crippen LogP contribution in [0.25, 0.3) is 0 Å². The molecule has 0 atom stereocenters. The van der Waals surface area contributed by atoms with Crippen molar-refractivity contribution in [3.8, 4) is 0 Å². The molecule has 2 aromatic rings. The largest absolute Gasteiger partial charge is 0.419 e. The van der Waals surface area contributed by atoms with Crippen molar-refractivity contribution in [3.05, 3.63) is 36.3 Å². The highest BCUT2D eigenvalue weighted by Crippen LogP contribution is 2.35. The predicted octanol–water partition coefficient (Wildman–Crippen LogP) is 2.05. The first kappa shape index (κ1) is 18.7. The van der Waals surface area contributed by atoms with Crippen LogP contribution in [0.5, 0.6) is 0 Å². The fraction of sp³-hybridized carbons (Fsp3) is 0.500. The quantitative estimate of drug-likeness (QED) is 0.790. The number of aromatic nitrogens is 3. The smallest absolute Gasteiger partial charge is 0.378 e. The lowest BCUT2D eigenvalue weighted by atomic mass is 10.2. The van der Waals surface area contributed by atoms with E-state index in [1.807, 2.05) is 6.07 Å². The topological polar surface area (TPSA) is 57.6 Å². The molecule has 10 heteroatoms. The molecule has 0 spiro atoms. The first-order valence-corrected chi connectivity index (χ1v) is 9.19. The van der Waals surface area contributed by atoms with Crippen molar-refractivity contribution in [3.63, 3.8) is 0 Å². The number of pyridine rings is 1. The fourth-order valence-electron chi connectivity index (χ4n) is 3.49. The molecule has 0 unspecified atom stereocenters. The molecule has 0 bridgehead atoms. The van der Waals surface area contributed by atoms with Gasteiger partial charge in [-0.15, -0.1) is 0 Å². The van der Waals surface area contributed by atoms with Crippen molar-refractivity contribution >= 4 is 17.5 Å². The van der Waals surface area contributed by atoms with E-state index in [-0.39, 0.29) is 5.82 Å². The highest BCUT2D eigenvalue weighted by atomic mass is 19.4. The summed E-state index contributed by atoms with van der Waals surface area (Å²) in [6, 6.07) is 4.33. The van der Waals surface area contributed by atoms with Crippen LogP contribution < -0.4 is 14.7 Å². The molecule has 2 fully saturated rings. The van der Waals surface area contributed by atoms with Gasteiger partial charge in [0.25, 0.3) is 0 Å². The monoisotopic (exact) mass is 394 g/mol. The van der Waals surface area contributed by atoms with E-state index in [4.69, 9.17) is 4.74 Å². The molecule has 0 aromatic carbocycles. The molecular formula is C18H21F3N6O. The van der Waals surface area contributed by atoms with Gasteiger partial charge in [-0.05, 0) is 12.1 Å². The van der Waals surface area contributed by atoms with Crippen molar-refractivity contribution < 1.29 is 17.9 Å². The molecule has 7 nitrogen and oxygen atoms in total. The number of anilines is 3. The second kappa shape index (κ2) is 7.78. The summed E-state index contributed by atoms with van der Waals surface area (Å²) in [6.45, 7) is 4.91. The minimum Gasteiger partial charge on any atom is -0.378 e. The van der Waals surface area contributed by atoms with Crippen LogP contribution in [0, 0.1) is 0 Å². The molecule has 28 heavy (non-hydrogen) atoms. The van der Waals surface area contributed by atoms with E-state index in [9.17, 15) is 13.2 Å². The van der Waals surface area contributed by atoms with Crippen molar-refractivity contribution in [2.24, 2.45) is 0 Å². The summed E-state index contributed by atoms with van der Waals surface area (Å²) < 4.78 is 45.1. The zero-order chi connectivity index (χ0) is 19.6. The molecule has 2 saturated heterocycles. The summed E-state index contributed by atoms with van der Waals surface area (Å²) in [7, 11) is 0. The lowest BCUT2D eigenvalue weighted by molar-refractivity contribution is -0.137. The van der Waals surface area contributed by atoms with Gasteiger partial charge < -0.3 is 19.4 Å². The Kier molecular flexibility index (Phi) is 5.21. The van der Waals surface area contributed by atoms with Crippen LogP contribution in [0.1, 0.15) is 5.56 Å². The summed E-state index contributed by atoms with van der Waals surface area (Å²) in [4.78, 5) is 18.6. The third-order valence-electron chi connectivity index (χ3n) is 4.97. The third-order valence-corrected chi connectivity index (χ3v) is 4.97. The molecular weight excluding hydrogens is 373 g/mol. The normalized spacial score (nSPS) is 18.5. The maximum atomic E-state index is 13.3. The molecule has 0 aliphatic carbocycles. The van der Waals surface area contributed by atoms with Crippen LogP contribution in [0.2, 0.25) is 0 Å². The minimum absolute atomic E-state index is 0.00802. The first-order valence-electron chi connectivity index (χ1n) is 9.19. The van der Waals surface area contributed by atoms with Crippen LogP contribution in [0.4, 0.5) is 30.6 Å². The zero-order valence-corrected chi connectivity index (χ0v) is 15.3. The second-order valence-electron chi connectivity index (χ2n) is 6.68. The Morgan fingerprint density at radius 2 is 1.43 bits per heavy atom. The number of halogens is 3. The minimum atomic E-state index is -4.42. The van der Waals surface area contributed by atoms with Gasteiger partial charge in [-0.25, -0.2) is 15.0 Å².